The molecule has 1 aromatic rings. The Labute approximate surface area is 186 Å². The average molecular weight is 501 g/mol. The van der Waals surface area contributed by atoms with E-state index in [1.807, 2.05) is 0 Å². The molecule has 1 aromatic carbocycles. The summed E-state index contributed by atoms with van der Waals surface area (Å²) in [6.45, 7) is 7.52. The molecule has 1 heterocycles. The van der Waals surface area contributed by atoms with Gasteiger partial charge in [0.25, 0.3) is 0 Å². The van der Waals surface area contributed by atoms with E-state index in [1.165, 1.54) is 11.1 Å². The fraction of sp³-hybridized carbons (Fsp3) is 0.682. The number of hydrogen-bond donors (Lipinski definition) is 3. The number of benzene rings is 1. The van der Waals surface area contributed by atoms with Crippen molar-refractivity contribution >= 4 is 29.9 Å². The van der Waals surface area contributed by atoms with Crippen molar-refractivity contribution in [1.82, 2.24) is 10.6 Å². The molecule has 0 radical (unpaired) electrons. The van der Waals surface area contributed by atoms with Gasteiger partial charge >= 0.3 is 0 Å². The Morgan fingerprint density at radius 1 is 1.18 bits per heavy atom. The van der Waals surface area contributed by atoms with Gasteiger partial charge in [0.2, 0.25) is 0 Å². The Kier molecular flexibility index (Phi) is 9.50. The van der Waals surface area contributed by atoms with Crippen LogP contribution in [0.4, 0.5) is 0 Å². The van der Waals surface area contributed by atoms with Crippen LogP contribution < -0.4 is 10.6 Å². The number of aryl methyl sites for hydroxylation is 1. The van der Waals surface area contributed by atoms with Crippen molar-refractivity contribution in [2.45, 2.75) is 69.9 Å². The maximum absolute atomic E-state index is 9.74. The highest BCUT2D eigenvalue weighted by Gasteiger charge is 2.35. The summed E-state index contributed by atoms with van der Waals surface area (Å²) in [4.78, 5) is 5.02. The Morgan fingerprint density at radius 2 is 1.86 bits per heavy atom. The molecule has 3 rings (SSSR count). The summed E-state index contributed by atoms with van der Waals surface area (Å²) in [5.74, 6) is 0.901. The highest BCUT2D eigenvalue weighted by molar-refractivity contribution is 14.0. The molecule has 3 N–H and O–H groups in total. The van der Waals surface area contributed by atoms with Crippen molar-refractivity contribution in [2.24, 2.45) is 4.99 Å². The third-order valence-corrected chi connectivity index (χ3v) is 6.09. The fourth-order valence-electron chi connectivity index (χ4n) is 4.41. The molecule has 0 atom stereocenters. The predicted molar refractivity (Wildman–Crippen MR) is 126 cm³/mol. The quantitative estimate of drug-likeness (QED) is 0.328. The highest BCUT2D eigenvalue weighted by Crippen LogP contribution is 2.37. The summed E-state index contributed by atoms with van der Waals surface area (Å²) in [6.07, 6.45) is 5.65. The zero-order valence-electron chi connectivity index (χ0n) is 17.2. The Morgan fingerprint density at radius 3 is 2.50 bits per heavy atom. The number of aliphatic hydroxyl groups excluding tert-OH is 1. The monoisotopic (exact) mass is 501 g/mol. The number of halogens is 1. The first-order valence-corrected chi connectivity index (χ1v) is 10.5. The minimum Gasteiger partial charge on any atom is -0.393 e. The first kappa shape index (κ1) is 23.4. The number of hydrogen-bond acceptors (Lipinski definition) is 3. The van der Waals surface area contributed by atoms with Crippen LogP contribution in [0.2, 0.25) is 0 Å². The van der Waals surface area contributed by atoms with E-state index in [4.69, 9.17) is 9.73 Å². The number of aliphatic imine (C=N–C) groups is 1. The zero-order valence-corrected chi connectivity index (χ0v) is 19.6. The number of ether oxygens (including phenoxy) is 1. The van der Waals surface area contributed by atoms with Crippen LogP contribution in [-0.4, -0.2) is 49.5 Å². The van der Waals surface area contributed by atoms with E-state index in [-0.39, 0.29) is 35.5 Å². The molecule has 158 valence electrons. The predicted octanol–water partition coefficient (Wildman–Crippen LogP) is 3.52. The van der Waals surface area contributed by atoms with Gasteiger partial charge in [-0.1, -0.05) is 24.3 Å². The van der Waals surface area contributed by atoms with Crippen molar-refractivity contribution in [3.63, 3.8) is 0 Å². The zero-order chi connectivity index (χ0) is 19.1. The van der Waals surface area contributed by atoms with Gasteiger partial charge in [-0.3, -0.25) is 4.99 Å². The number of rotatable bonds is 5. The Hall–Kier alpha value is -0.860. The smallest absolute Gasteiger partial charge is 0.191 e. The van der Waals surface area contributed by atoms with Crippen molar-refractivity contribution in [3.8, 4) is 0 Å². The lowest BCUT2D eigenvalue weighted by Gasteiger charge is -2.38. The lowest BCUT2D eigenvalue weighted by molar-refractivity contribution is 0.0529. The molecule has 0 spiro atoms. The molecule has 0 amide bonds. The van der Waals surface area contributed by atoms with Crippen LogP contribution in [0.1, 0.15) is 56.6 Å². The molecule has 0 unspecified atom stereocenters. The number of nitrogens with one attached hydrogen (secondary N) is 2. The first-order valence-electron chi connectivity index (χ1n) is 10.5. The second-order valence-electron chi connectivity index (χ2n) is 8.05. The lowest BCUT2D eigenvalue weighted by atomic mass is 9.72. The molecule has 0 aromatic heterocycles. The highest BCUT2D eigenvalue weighted by atomic mass is 127. The van der Waals surface area contributed by atoms with Gasteiger partial charge in [-0.25, -0.2) is 0 Å². The van der Waals surface area contributed by atoms with Gasteiger partial charge in [0.15, 0.2) is 5.96 Å². The van der Waals surface area contributed by atoms with Crippen LogP contribution in [0.5, 0.6) is 0 Å². The minimum absolute atomic E-state index is 0. The Balaban J connectivity index is 0.00000280. The summed E-state index contributed by atoms with van der Waals surface area (Å²) < 4.78 is 5.67. The van der Waals surface area contributed by atoms with E-state index in [1.54, 1.807) is 0 Å². The topological polar surface area (TPSA) is 65.9 Å². The average Bonchev–Trinajstić information content (AvgIpc) is 2.69. The Bertz CT molecular complexity index is 624. The van der Waals surface area contributed by atoms with Crippen molar-refractivity contribution in [1.29, 1.82) is 0 Å². The van der Waals surface area contributed by atoms with Crippen LogP contribution in [-0.2, 0) is 10.2 Å². The lowest BCUT2D eigenvalue weighted by Crippen LogP contribution is -2.46. The molecule has 0 bridgehead atoms. The number of guanidine groups is 1. The largest absolute Gasteiger partial charge is 0.393 e. The van der Waals surface area contributed by atoms with E-state index in [9.17, 15) is 5.11 Å². The molecule has 2 fully saturated rings. The maximum atomic E-state index is 9.74. The number of nitrogens with zero attached hydrogens (tertiary/aromatic N) is 1. The van der Waals surface area contributed by atoms with Crippen molar-refractivity contribution in [2.75, 3.05) is 26.3 Å². The maximum Gasteiger partial charge on any atom is 0.191 e. The molecule has 1 saturated heterocycles. The first-order chi connectivity index (χ1) is 13.1. The van der Waals surface area contributed by atoms with Crippen LogP contribution in [0.3, 0.4) is 0 Å². The molecule has 6 heteroatoms. The van der Waals surface area contributed by atoms with Gasteiger partial charge in [-0.15, -0.1) is 24.0 Å². The molecule has 2 aliphatic rings. The van der Waals surface area contributed by atoms with Crippen LogP contribution >= 0.6 is 24.0 Å². The summed E-state index contributed by atoms with van der Waals surface area (Å²) in [5.41, 5.74) is 2.80. The summed E-state index contributed by atoms with van der Waals surface area (Å²) in [7, 11) is 0. The van der Waals surface area contributed by atoms with Crippen molar-refractivity contribution in [3.05, 3.63) is 35.4 Å². The summed E-state index contributed by atoms with van der Waals surface area (Å²) >= 11 is 0. The van der Waals surface area contributed by atoms with Gasteiger partial charge in [0.1, 0.15) is 0 Å². The van der Waals surface area contributed by atoms with Crippen LogP contribution in [0, 0.1) is 6.92 Å². The number of aliphatic hydroxyl groups is 1. The van der Waals surface area contributed by atoms with E-state index < -0.39 is 0 Å². The fourth-order valence-corrected chi connectivity index (χ4v) is 4.41. The second kappa shape index (κ2) is 11.4. The van der Waals surface area contributed by atoms with Gasteiger partial charge in [-0.2, -0.15) is 0 Å². The normalized spacial score (nSPS) is 24.9. The van der Waals surface area contributed by atoms with Crippen LogP contribution in [0.25, 0.3) is 0 Å². The SMILES string of the molecule is CCNC(=NCC1(c2ccccc2C)CCOCC1)NC1CCC(O)CC1.I. The summed E-state index contributed by atoms with van der Waals surface area (Å²) in [5, 5.41) is 16.7. The molecule has 5 nitrogen and oxygen atoms in total. The van der Waals surface area contributed by atoms with E-state index in [0.717, 1.165) is 70.8 Å². The molecule has 28 heavy (non-hydrogen) atoms. The van der Waals surface area contributed by atoms with E-state index in [2.05, 4.69) is 48.7 Å². The minimum atomic E-state index is -0.130. The third kappa shape index (κ3) is 6.07. The molecule has 1 aliphatic carbocycles. The van der Waals surface area contributed by atoms with Crippen LogP contribution in [0.15, 0.2) is 29.3 Å². The molecular formula is C22H36IN3O2. The second-order valence-corrected chi connectivity index (χ2v) is 8.05. The third-order valence-electron chi connectivity index (χ3n) is 6.09. The molecule has 1 aliphatic heterocycles. The van der Waals surface area contributed by atoms with Gasteiger partial charge in [-0.05, 0) is 63.5 Å². The standard InChI is InChI=1S/C22H35N3O2.HI/c1-3-23-21(25-18-8-10-19(26)11-9-18)24-16-22(12-14-27-15-13-22)20-7-5-4-6-17(20)2;/h4-7,18-19,26H,3,8-16H2,1-2H3,(H2,23,24,25);1H. The van der Waals surface area contributed by atoms with Gasteiger partial charge in [0.05, 0.1) is 12.6 Å². The molecular weight excluding hydrogens is 465 g/mol. The summed E-state index contributed by atoms with van der Waals surface area (Å²) in [6, 6.07) is 9.11. The van der Waals surface area contributed by atoms with Gasteiger partial charge in [0, 0.05) is 31.2 Å². The van der Waals surface area contributed by atoms with E-state index in [0.29, 0.717) is 6.04 Å². The van der Waals surface area contributed by atoms with Gasteiger partial charge < -0.3 is 20.5 Å². The van der Waals surface area contributed by atoms with Crippen molar-refractivity contribution < 1.29 is 9.84 Å². The van der Waals surface area contributed by atoms with E-state index >= 15 is 0 Å². The molecule has 1 saturated carbocycles.